The van der Waals surface area contributed by atoms with Crippen LogP contribution in [0.15, 0.2) is 18.2 Å². The van der Waals surface area contributed by atoms with Gasteiger partial charge in [0.15, 0.2) is 0 Å². The molecule has 1 aromatic heterocycles. The Morgan fingerprint density at radius 2 is 2.29 bits per heavy atom. The van der Waals surface area contributed by atoms with Gasteiger partial charge in [-0.05, 0) is 62.9 Å². The number of hydrogen-bond acceptors (Lipinski definition) is 3. The second-order valence-electron chi connectivity index (χ2n) is 7.14. The lowest BCUT2D eigenvalue weighted by Gasteiger charge is -2.09. The molecule has 24 heavy (non-hydrogen) atoms. The van der Waals surface area contributed by atoms with Gasteiger partial charge in [-0.1, -0.05) is 6.42 Å². The van der Waals surface area contributed by atoms with Gasteiger partial charge < -0.3 is 15.2 Å². The van der Waals surface area contributed by atoms with Crippen molar-refractivity contribution in [2.45, 2.75) is 51.5 Å². The third kappa shape index (κ3) is 3.31. The average molecular weight is 326 g/mol. The third-order valence-electron chi connectivity index (χ3n) is 5.34. The van der Waals surface area contributed by atoms with Gasteiger partial charge in [0, 0.05) is 25.1 Å². The maximum Gasteiger partial charge on any atom is 0.224 e. The third-order valence-corrected chi connectivity index (χ3v) is 5.34. The van der Waals surface area contributed by atoms with Crippen LogP contribution in [-0.2, 0) is 17.8 Å². The van der Waals surface area contributed by atoms with Crippen molar-refractivity contribution >= 4 is 22.6 Å². The van der Waals surface area contributed by atoms with Crippen molar-refractivity contribution in [3.05, 3.63) is 24.0 Å². The number of fused-ring (bicyclic) bond motifs is 3. The zero-order chi connectivity index (χ0) is 16.4. The summed E-state index contributed by atoms with van der Waals surface area (Å²) in [4.78, 5) is 17.0. The highest BCUT2D eigenvalue weighted by molar-refractivity contribution is 5.93. The predicted octanol–water partition coefficient (Wildman–Crippen LogP) is 3.09. The summed E-state index contributed by atoms with van der Waals surface area (Å²) in [6, 6.07) is 6.14. The topological polar surface area (TPSA) is 59.0 Å². The van der Waals surface area contributed by atoms with Crippen molar-refractivity contribution in [1.82, 2.24) is 14.9 Å². The van der Waals surface area contributed by atoms with E-state index in [2.05, 4.69) is 21.3 Å². The summed E-state index contributed by atoms with van der Waals surface area (Å²) in [5.74, 6) is 1.96. The molecule has 2 aromatic rings. The number of nitrogens with one attached hydrogen (secondary N) is 2. The van der Waals surface area contributed by atoms with Gasteiger partial charge in [-0.3, -0.25) is 4.79 Å². The van der Waals surface area contributed by atoms with E-state index in [9.17, 15) is 4.79 Å². The smallest absolute Gasteiger partial charge is 0.224 e. The molecule has 1 atom stereocenters. The first-order chi connectivity index (χ1) is 11.8. The Kier molecular flexibility index (Phi) is 4.52. The normalized spacial score (nSPS) is 20.8. The van der Waals surface area contributed by atoms with Crippen LogP contribution in [-0.4, -0.2) is 28.5 Å². The van der Waals surface area contributed by atoms with Crippen LogP contribution in [0.3, 0.4) is 0 Å². The molecule has 1 saturated heterocycles. The van der Waals surface area contributed by atoms with Crippen molar-refractivity contribution in [3.8, 4) is 0 Å². The lowest BCUT2D eigenvalue weighted by molar-refractivity contribution is -0.116. The number of rotatable bonds is 4. The monoisotopic (exact) mass is 326 g/mol. The second kappa shape index (κ2) is 6.93. The van der Waals surface area contributed by atoms with Crippen molar-refractivity contribution in [3.63, 3.8) is 0 Å². The molecule has 0 bridgehead atoms. The van der Waals surface area contributed by atoms with Gasteiger partial charge in [0.2, 0.25) is 5.91 Å². The maximum atomic E-state index is 12.2. The first kappa shape index (κ1) is 15.6. The first-order valence-electron chi connectivity index (χ1n) is 9.29. The summed E-state index contributed by atoms with van der Waals surface area (Å²) in [6.07, 6.45) is 7.57. The number of carbonyl (C=O) groups excluding carboxylic acids is 1. The maximum absolute atomic E-state index is 12.2. The molecular formula is C19H26N4O. The number of aryl methyl sites for hydroxylation is 2. The van der Waals surface area contributed by atoms with Gasteiger partial charge in [-0.25, -0.2) is 4.98 Å². The molecule has 2 aliphatic rings. The highest BCUT2D eigenvalue weighted by atomic mass is 16.1. The van der Waals surface area contributed by atoms with E-state index >= 15 is 0 Å². The molecule has 1 fully saturated rings. The number of imidazole rings is 1. The molecule has 0 radical (unpaired) electrons. The lowest BCUT2D eigenvalue weighted by atomic mass is 10.0. The van der Waals surface area contributed by atoms with Gasteiger partial charge in [0.05, 0.1) is 11.0 Å². The van der Waals surface area contributed by atoms with Crippen molar-refractivity contribution in [2.75, 3.05) is 18.4 Å². The van der Waals surface area contributed by atoms with Gasteiger partial charge in [-0.15, -0.1) is 0 Å². The Morgan fingerprint density at radius 3 is 3.17 bits per heavy atom. The summed E-state index contributed by atoms with van der Waals surface area (Å²) in [6.45, 7) is 3.21. The van der Waals surface area contributed by atoms with Crippen LogP contribution < -0.4 is 10.6 Å². The predicted molar refractivity (Wildman–Crippen MR) is 96.1 cm³/mol. The van der Waals surface area contributed by atoms with Crippen LogP contribution in [0.1, 0.15) is 44.3 Å². The Labute approximate surface area is 142 Å². The molecule has 0 saturated carbocycles. The van der Waals surface area contributed by atoms with E-state index in [0.29, 0.717) is 12.3 Å². The van der Waals surface area contributed by atoms with Crippen molar-refractivity contribution in [2.24, 2.45) is 5.92 Å². The molecule has 128 valence electrons. The standard InChI is InChI=1S/C19H26N4O/c24-19(8-5-14-9-10-20-13-14)21-15-6-7-17-16(12-15)22-18-4-2-1-3-11-23(17)18/h6-7,12,14,20H,1-5,8-11,13H2,(H,21,24). The molecule has 0 spiro atoms. The number of hydrogen-bond donors (Lipinski definition) is 2. The number of anilines is 1. The number of benzene rings is 1. The number of aromatic nitrogens is 2. The van der Waals surface area contributed by atoms with Crippen LogP contribution in [0.2, 0.25) is 0 Å². The van der Waals surface area contributed by atoms with Crippen LogP contribution in [0.25, 0.3) is 11.0 Å². The number of nitrogens with zero attached hydrogens (tertiary/aromatic N) is 2. The van der Waals surface area contributed by atoms with Crippen LogP contribution in [0.5, 0.6) is 0 Å². The van der Waals surface area contributed by atoms with Gasteiger partial charge in [0.1, 0.15) is 5.82 Å². The Balaban J connectivity index is 1.43. The molecule has 2 aliphatic heterocycles. The lowest BCUT2D eigenvalue weighted by Crippen LogP contribution is -2.15. The first-order valence-corrected chi connectivity index (χ1v) is 9.29. The summed E-state index contributed by atoms with van der Waals surface area (Å²) in [7, 11) is 0. The van der Waals surface area contributed by atoms with E-state index in [-0.39, 0.29) is 5.91 Å². The summed E-state index contributed by atoms with van der Waals surface area (Å²) < 4.78 is 2.35. The molecule has 5 heteroatoms. The molecule has 1 unspecified atom stereocenters. The van der Waals surface area contributed by atoms with Gasteiger partial charge in [0.25, 0.3) is 0 Å². The largest absolute Gasteiger partial charge is 0.328 e. The Bertz CT molecular complexity index is 730. The van der Waals surface area contributed by atoms with E-state index in [4.69, 9.17) is 4.98 Å². The minimum absolute atomic E-state index is 0.113. The molecule has 2 N–H and O–H groups in total. The highest BCUT2D eigenvalue weighted by Gasteiger charge is 2.17. The second-order valence-corrected chi connectivity index (χ2v) is 7.14. The minimum Gasteiger partial charge on any atom is -0.328 e. The van der Waals surface area contributed by atoms with Gasteiger partial charge >= 0.3 is 0 Å². The average Bonchev–Trinajstić information content (AvgIpc) is 3.15. The summed E-state index contributed by atoms with van der Waals surface area (Å²) in [5.41, 5.74) is 3.07. The van der Waals surface area contributed by atoms with E-state index in [0.717, 1.165) is 43.7 Å². The molecule has 1 amide bonds. The fraction of sp³-hybridized carbons (Fsp3) is 0.579. The molecular weight excluding hydrogens is 300 g/mol. The van der Waals surface area contributed by atoms with Crippen LogP contribution in [0.4, 0.5) is 5.69 Å². The Morgan fingerprint density at radius 1 is 1.33 bits per heavy atom. The van der Waals surface area contributed by atoms with E-state index in [1.165, 1.54) is 37.0 Å². The Hall–Kier alpha value is -1.88. The quantitative estimate of drug-likeness (QED) is 0.908. The SMILES string of the molecule is O=C(CCC1CCNC1)Nc1ccc2c(c1)nc1n2CCCCC1. The summed E-state index contributed by atoms with van der Waals surface area (Å²) in [5, 5.41) is 6.39. The zero-order valence-electron chi connectivity index (χ0n) is 14.2. The van der Waals surface area contributed by atoms with Gasteiger partial charge in [-0.2, -0.15) is 0 Å². The van der Waals surface area contributed by atoms with E-state index in [1.54, 1.807) is 0 Å². The fourth-order valence-corrected chi connectivity index (χ4v) is 3.95. The van der Waals surface area contributed by atoms with Crippen LogP contribution in [0, 0.1) is 5.92 Å². The zero-order valence-corrected chi connectivity index (χ0v) is 14.2. The molecule has 5 nitrogen and oxygen atoms in total. The molecule has 3 heterocycles. The van der Waals surface area contributed by atoms with Crippen LogP contribution >= 0.6 is 0 Å². The fourth-order valence-electron chi connectivity index (χ4n) is 3.95. The molecule has 4 rings (SSSR count). The number of carbonyl (C=O) groups is 1. The van der Waals surface area contributed by atoms with Crippen molar-refractivity contribution in [1.29, 1.82) is 0 Å². The molecule has 0 aliphatic carbocycles. The highest BCUT2D eigenvalue weighted by Crippen LogP contribution is 2.24. The number of amides is 1. The molecule has 1 aromatic carbocycles. The van der Waals surface area contributed by atoms with E-state index < -0.39 is 0 Å². The van der Waals surface area contributed by atoms with Crippen molar-refractivity contribution < 1.29 is 4.79 Å². The van der Waals surface area contributed by atoms with E-state index in [1.807, 2.05) is 12.1 Å². The minimum atomic E-state index is 0.113. The summed E-state index contributed by atoms with van der Waals surface area (Å²) >= 11 is 0.